The summed E-state index contributed by atoms with van der Waals surface area (Å²) in [6, 6.07) is 0. The van der Waals surface area contributed by atoms with Crippen LogP contribution in [-0.2, 0) is 4.79 Å². The molecule has 0 saturated carbocycles. The summed E-state index contributed by atoms with van der Waals surface area (Å²) in [7, 11) is 0. The molecule has 0 bridgehead atoms. The number of hydrogen-bond donors (Lipinski definition) is 0. The van der Waals surface area contributed by atoms with Crippen LogP contribution in [0.2, 0.25) is 0 Å². The van der Waals surface area contributed by atoms with Crippen LogP contribution in [0, 0.1) is 6.08 Å². The molecule has 0 spiro atoms. The van der Waals surface area contributed by atoms with Crippen molar-refractivity contribution in [3.05, 3.63) is 6.08 Å². The zero-order valence-electron chi connectivity index (χ0n) is 3.41. The molecule has 0 aliphatic carbocycles. The molecule has 0 aromatic carbocycles. The Kier molecular flexibility index (Phi) is 16.0. The van der Waals surface area contributed by atoms with E-state index in [1.54, 1.807) is 0 Å². The third-order valence-corrected chi connectivity index (χ3v) is 0.102. The zero-order chi connectivity index (χ0) is 3.41. The van der Waals surface area contributed by atoms with Gasteiger partial charge in [-0.15, -0.1) is 0 Å². The smallest absolute Gasteiger partial charge is 0.406 e. The van der Waals surface area contributed by atoms with Crippen molar-refractivity contribution in [3.8, 4) is 0 Å². The minimum atomic E-state index is 0. The van der Waals surface area contributed by atoms with E-state index >= 15 is 0 Å². The Bertz CT molecular complexity index is 44.9. The third kappa shape index (κ3) is 15.5. The van der Waals surface area contributed by atoms with E-state index in [0.29, 0.717) is 0 Å². The third-order valence-electron chi connectivity index (χ3n) is 0.102. The van der Waals surface area contributed by atoms with Crippen LogP contribution in [-0.4, -0.2) is 5.94 Å². The van der Waals surface area contributed by atoms with E-state index in [2.05, 4.69) is 6.08 Å². The first-order valence-corrected chi connectivity index (χ1v) is 0.954. The molecule has 22 valence electrons. The molecule has 0 fully saturated rings. The fourth-order valence-electron chi connectivity index (χ4n) is 0. The van der Waals surface area contributed by atoms with Gasteiger partial charge in [-0.3, -0.25) is 4.79 Å². The Labute approximate surface area is 43.2 Å². The van der Waals surface area contributed by atoms with Crippen LogP contribution in [0.5, 0.6) is 0 Å². The molecule has 0 aromatic rings. The van der Waals surface area contributed by atoms with E-state index in [0.717, 1.165) is 0 Å². The summed E-state index contributed by atoms with van der Waals surface area (Å²) in [5, 5.41) is 0. The van der Waals surface area contributed by atoms with Gasteiger partial charge < -0.3 is 6.08 Å². The molecule has 0 amide bonds. The van der Waals surface area contributed by atoms with Gasteiger partial charge in [-0.2, -0.15) is 6.92 Å². The van der Waals surface area contributed by atoms with Crippen molar-refractivity contribution in [3.63, 3.8) is 0 Å². The van der Waals surface area contributed by atoms with Crippen molar-refractivity contribution in [2.24, 2.45) is 0 Å². The Balaban J connectivity index is 0. The van der Waals surface area contributed by atoms with E-state index in [4.69, 9.17) is 4.79 Å². The van der Waals surface area contributed by atoms with Gasteiger partial charge in [0.15, 0.2) is 0 Å². The normalized spacial score (nSPS) is 3.40. The predicted molar refractivity (Wildman–Crippen MR) is 14.6 cm³/mol. The summed E-state index contributed by atoms with van der Waals surface area (Å²) in [5.41, 5.74) is 0. The van der Waals surface area contributed by atoms with Crippen LogP contribution < -0.4 is 18.9 Å². The average Bonchev–Trinajstić information content (AvgIpc) is 1.37. The Morgan fingerprint density at radius 3 is 2.00 bits per heavy atom. The number of rotatable bonds is 0. The summed E-state index contributed by atoms with van der Waals surface area (Å²) in [4.78, 5) is 8.94. The van der Waals surface area contributed by atoms with Gasteiger partial charge in [-0.25, -0.2) is 0 Å². The molecule has 0 saturated heterocycles. The summed E-state index contributed by atoms with van der Waals surface area (Å²) in [5.74, 6) is 1.43. The summed E-state index contributed by atoms with van der Waals surface area (Å²) >= 11 is 0. The molecular formula is C3H3LiO. The van der Waals surface area contributed by atoms with Crippen molar-refractivity contribution in [1.82, 2.24) is 0 Å². The van der Waals surface area contributed by atoms with Crippen LogP contribution >= 0.6 is 0 Å². The van der Waals surface area contributed by atoms with Crippen molar-refractivity contribution >= 4 is 5.94 Å². The summed E-state index contributed by atoms with van der Waals surface area (Å²) < 4.78 is 0. The summed E-state index contributed by atoms with van der Waals surface area (Å²) in [6.45, 7) is 1.51. The van der Waals surface area contributed by atoms with E-state index in [1.807, 2.05) is 0 Å². The van der Waals surface area contributed by atoms with E-state index in [-0.39, 0.29) is 18.9 Å². The fraction of sp³-hybridized carbons (Fsp3) is 0.333. The molecule has 0 radical (unpaired) electrons. The van der Waals surface area contributed by atoms with Gasteiger partial charge in [0.05, 0.1) is 0 Å². The maximum Gasteiger partial charge on any atom is 1.00 e. The fourth-order valence-corrected chi connectivity index (χ4v) is 0. The van der Waals surface area contributed by atoms with Crippen molar-refractivity contribution in [2.45, 2.75) is 6.92 Å². The summed E-state index contributed by atoms with van der Waals surface area (Å²) in [6.07, 6.45) is 2.12. The van der Waals surface area contributed by atoms with Crippen LogP contribution in [0.4, 0.5) is 0 Å². The first-order valence-electron chi connectivity index (χ1n) is 0.954. The molecule has 0 rings (SSSR count). The molecule has 0 heterocycles. The molecule has 1 nitrogen and oxygen atoms in total. The first kappa shape index (κ1) is 8.90. The molecular weight excluding hydrogens is 59.0 g/mol. The topological polar surface area (TPSA) is 17.1 Å². The maximum atomic E-state index is 8.94. The molecule has 0 unspecified atom stereocenters. The Hall–Kier alpha value is 0.0474. The SMILES string of the molecule is C[C-]=C=O.[Li+]. The van der Waals surface area contributed by atoms with E-state index in [9.17, 15) is 0 Å². The van der Waals surface area contributed by atoms with Gasteiger partial charge in [-0.05, 0) is 0 Å². The van der Waals surface area contributed by atoms with Crippen LogP contribution in [0.1, 0.15) is 6.92 Å². The van der Waals surface area contributed by atoms with Gasteiger partial charge in [-0.1, -0.05) is 5.94 Å². The number of carbonyl (C=O) groups excluding carboxylic acids is 1. The molecule has 0 atom stereocenters. The van der Waals surface area contributed by atoms with Gasteiger partial charge in [0, 0.05) is 0 Å². The number of hydrogen-bond acceptors (Lipinski definition) is 1. The van der Waals surface area contributed by atoms with Crippen LogP contribution in [0.15, 0.2) is 0 Å². The van der Waals surface area contributed by atoms with E-state index in [1.165, 1.54) is 12.9 Å². The van der Waals surface area contributed by atoms with Gasteiger partial charge in [0.2, 0.25) is 0 Å². The average molecular weight is 62.0 g/mol. The monoisotopic (exact) mass is 62.0 g/mol. The molecule has 0 aliphatic heterocycles. The zero-order valence-corrected chi connectivity index (χ0v) is 3.41. The predicted octanol–water partition coefficient (Wildman–Crippen LogP) is -2.80. The Morgan fingerprint density at radius 1 is 1.80 bits per heavy atom. The quantitative estimate of drug-likeness (QED) is 0.168. The molecule has 5 heavy (non-hydrogen) atoms. The van der Waals surface area contributed by atoms with Crippen molar-refractivity contribution in [1.29, 1.82) is 0 Å². The number of allylic oxidation sites excluding steroid dienone is 1. The second-order valence-corrected chi connectivity index (χ2v) is 0.352. The van der Waals surface area contributed by atoms with Crippen molar-refractivity contribution < 1.29 is 23.7 Å². The standard InChI is InChI=1S/C3H3O.Li/c1-2-3-4;/h1H3;/q-1;+1. The maximum absolute atomic E-state index is 8.94. The van der Waals surface area contributed by atoms with Gasteiger partial charge >= 0.3 is 18.9 Å². The van der Waals surface area contributed by atoms with Crippen LogP contribution in [0.3, 0.4) is 0 Å². The first-order chi connectivity index (χ1) is 1.91. The largest absolute Gasteiger partial charge is 1.00 e. The molecule has 2 heteroatoms. The second kappa shape index (κ2) is 8.97. The Morgan fingerprint density at radius 2 is 2.00 bits per heavy atom. The minimum absolute atomic E-state index is 0. The molecule has 0 N–H and O–H groups in total. The van der Waals surface area contributed by atoms with Crippen LogP contribution in [0.25, 0.3) is 0 Å². The van der Waals surface area contributed by atoms with Crippen molar-refractivity contribution in [2.75, 3.05) is 0 Å². The van der Waals surface area contributed by atoms with Gasteiger partial charge in [0.25, 0.3) is 0 Å². The second-order valence-electron chi connectivity index (χ2n) is 0.352. The van der Waals surface area contributed by atoms with Gasteiger partial charge in [0.1, 0.15) is 0 Å². The van der Waals surface area contributed by atoms with E-state index < -0.39 is 0 Å². The molecule has 0 aliphatic rings. The molecule has 0 aromatic heterocycles. The minimum Gasteiger partial charge on any atom is -0.406 e.